The van der Waals surface area contributed by atoms with E-state index in [1.54, 1.807) is 6.92 Å². The number of carbonyl (C=O) groups excluding carboxylic acids is 1. The Balaban J connectivity index is 3.80. The summed E-state index contributed by atoms with van der Waals surface area (Å²) >= 11 is 0. The van der Waals surface area contributed by atoms with Gasteiger partial charge in [0.1, 0.15) is 0 Å². The normalized spacial score (nSPS) is 15.6. The minimum atomic E-state index is -0.563. The Bertz CT molecular complexity index is 123. The largest absolute Gasteiger partial charge is 0.469 e. The Morgan fingerprint density at radius 1 is 1.64 bits per heavy atom. The molecular formula is C8H16O3. The maximum absolute atomic E-state index is 10.8. The van der Waals surface area contributed by atoms with Crippen LogP contribution in [0, 0.1) is 5.92 Å². The van der Waals surface area contributed by atoms with Crippen molar-refractivity contribution < 1.29 is 14.6 Å². The predicted octanol–water partition coefficient (Wildman–Crippen LogP) is 0.956. The summed E-state index contributed by atoms with van der Waals surface area (Å²) in [6.07, 6.45) is 0.964. The van der Waals surface area contributed by atoms with Crippen LogP contribution in [0.3, 0.4) is 0 Å². The Morgan fingerprint density at radius 2 is 2.18 bits per heavy atom. The molecule has 0 bridgehead atoms. The van der Waals surface area contributed by atoms with Gasteiger partial charge in [-0.2, -0.15) is 0 Å². The van der Waals surface area contributed by atoms with Crippen LogP contribution in [0.5, 0.6) is 0 Å². The Kier molecular flexibility index (Phi) is 4.86. The van der Waals surface area contributed by atoms with E-state index in [9.17, 15) is 9.90 Å². The molecule has 0 spiro atoms. The standard InChI is InChI=1S/C8H16O3/c1-4-5-7(9)6(2)8(10)11-3/h6-7,9H,4-5H2,1-3H3. The molecule has 0 radical (unpaired) electrons. The van der Waals surface area contributed by atoms with E-state index in [4.69, 9.17) is 0 Å². The summed E-state index contributed by atoms with van der Waals surface area (Å²) in [7, 11) is 1.33. The van der Waals surface area contributed by atoms with Crippen LogP contribution in [0.25, 0.3) is 0 Å². The van der Waals surface area contributed by atoms with E-state index in [1.807, 2.05) is 6.92 Å². The van der Waals surface area contributed by atoms with Gasteiger partial charge < -0.3 is 9.84 Å². The number of esters is 1. The molecule has 0 aliphatic rings. The first-order valence-electron chi connectivity index (χ1n) is 3.89. The van der Waals surface area contributed by atoms with Gasteiger partial charge in [-0.1, -0.05) is 13.3 Å². The minimum Gasteiger partial charge on any atom is -0.469 e. The van der Waals surface area contributed by atoms with Crippen molar-refractivity contribution in [1.29, 1.82) is 0 Å². The first-order valence-corrected chi connectivity index (χ1v) is 3.89. The van der Waals surface area contributed by atoms with Crippen LogP contribution in [0.2, 0.25) is 0 Å². The van der Waals surface area contributed by atoms with E-state index in [0.29, 0.717) is 6.42 Å². The smallest absolute Gasteiger partial charge is 0.311 e. The molecule has 0 aliphatic carbocycles. The van der Waals surface area contributed by atoms with Gasteiger partial charge >= 0.3 is 5.97 Å². The minimum absolute atomic E-state index is 0.342. The van der Waals surface area contributed by atoms with E-state index in [2.05, 4.69) is 4.74 Å². The highest BCUT2D eigenvalue weighted by molar-refractivity contribution is 5.72. The first-order chi connectivity index (χ1) is 5.13. The summed E-state index contributed by atoms with van der Waals surface area (Å²) in [5.74, 6) is -0.745. The summed E-state index contributed by atoms with van der Waals surface area (Å²) in [5.41, 5.74) is 0. The number of hydrogen-bond donors (Lipinski definition) is 1. The average Bonchev–Trinajstić information content (AvgIpc) is 2.02. The van der Waals surface area contributed by atoms with E-state index in [-0.39, 0.29) is 5.97 Å². The van der Waals surface area contributed by atoms with Crippen LogP contribution in [0.1, 0.15) is 26.7 Å². The van der Waals surface area contributed by atoms with Crippen molar-refractivity contribution in [1.82, 2.24) is 0 Å². The van der Waals surface area contributed by atoms with Crippen LogP contribution in [0.15, 0.2) is 0 Å². The fraction of sp³-hybridized carbons (Fsp3) is 0.875. The summed E-state index contributed by atoms with van der Waals surface area (Å²) in [4.78, 5) is 10.8. The van der Waals surface area contributed by atoms with Gasteiger partial charge in [0.05, 0.1) is 19.1 Å². The molecule has 0 saturated heterocycles. The molecule has 0 fully saturated rings. The molecule has 2 atom stereocenters. The average molecular weight is 160 g/mol. The van der Waals surface area contributed by atoms with Crippen molar-refractivity contribution in [2.75, 3.05) is 7.11 Å². The van der Waals surface area contributed by atoms with E-state index in [1.165, 1.54) is 7.11 Å². The topological polar surface area (TPSA) is 46.5 Å². The van der Waals surface area contributed by atoms with Crippen molar-refractivity contribution >= 4 is 5.97 Å². The van der Waals surface area contributed by atoms with Crippen LogP contribution in [-0.2, 0) is 9.53 Å². The van der Waals surface area contributed by atoms with Crippen LogP contribution < -0.4 is 0 Å². The monoisotopic (exact) mass is 160 g/mol. The molecule has 66 valence electrons. The van der Waals surface area contributed by atoms with Crippen LogP contribution in [0.4, 0.5) is 0 Å². The molecule has 0 rings (SSSR count). The molecule has 11 heavy (non-hydrogen) atoms. The van der Waals surface area contributed by atoms with E-state index < -0.39 is 12.0 Å². The van der Waals surface area contributed by atoms with Gasteiger partial charge in [0.25, 0.3) is 0 Å². The molecule has 0 aromatic heterocycles. The molecule has 3 heteroatoms. The molecule has 0 aliphatic heterocycles. The van der Waals surface area contributed by atoms with Crippen molar-refractivity contribution in [2.45, 2.75) is 32.8 Å². The molecule has 0 saturated carbocycles. The summed E-state index contributed by atoms with van der Waals surface area (Å²) < 4.78 is 4.48. The third-order valence-corrected chi connectivity index (χ3v) is 1.73. The van der Waals surface area contributed by atoms with Gasteiger partial charge in [0.2, 0.25) is 0 Å². The SMILES string of the molecule is CCCC(O)C(C)C(=O)OC. The second-order valence-electron chi connectivity index (χ2n) is 2.67. The van der Waals surface area contributed by atoms with Gasteiger partial charge in [-0.3, -0.25) is 4.79 Å². The molecule has 0 heterocycles. The number of aliphatic hydroxyl groups excluding tert-OH is 1. The lowest BCUT2D eigenvalue weighted by Crippen LogP contribution is -2.26. The molecular weight excluding hydrogens is 144 g/mol. The van der Waals surface area contributed by atoms with E-state index >= 15 is 0 Å². The fourth-order valence-corrected chi connectivity index (χ4v) is 0.889. The maximum Gasteiger partial charge on any atom is 0.311 e. The molecule has 2 unspecified atom stereocenters. The Labute approximate surface area is 67.4 Å². The molecule has 0 aromatic rings. The number of aliphatic hydroxyl groups is 1. The van der Waals surface area contributed by atoms with Crippen molar-refractivity contribution in [3.63, 3.8) is 0 Å². The lowest BCUT2D eigenvalue weighted by molar-refractivity contribution is -0.148. The first kappa shape index (κ1) is 10.4. The number of rotatable bonds is 4. The predicted molar refractivity (Wildman–Crippen MR) is 42.1 cm³/mol. The highest BCUT2D eigenvalue weighted by atomic mass is 16.5. The molecule has 0 aromatic carbocycles. The van der Waals surface area contributed by atoms with Crippen molar-refractivity contribution in [2.24, 2.45) is 5.92 Å². The fourth-order valence-electron chi connectivity index (χ4n) is 0.889. The van der Waals surface area contributed by atoms with E-state index in [0.717, 1.165) is 6.42 Å². The number of methoxy groups -OCH3 is 1. The zero-order chi connectivity index (χ0) is 8.85. The zero-order valence-corrected chi connectivity index (χ0v) is 7.33. The van der Waals surface area contributed by atoms with Gasteiger partial charge in [0, 0.05) is 0 Å². The van der Waals surface area contributed by atoms with Crippen molar-refractivity contribution in [3.05, 3.63) is 0 Å². The lowest BCUT2D eigenvalue weighted by Gasteiger charge is -2.15. The third-order valence-electron chi connectivity index (χ3n) is 1.73. The highest BCUT2D eigenvalue weighted by Crippen LogP contribution is 2.09. The van der Waals surface area contributed by atoms with Crippen LogP contribution >= 0.6 is 0 Å². The number of ether oxygens (including phenoxy) is 1. The van der Waals surface area contributed by atoms with Gasteiger partial charge in [-0.15, -0.1) is 0 Å². The Morgan fingerprint density at radius 3 is 2.55 bits per heavy atom. The maximum atomic E-state index is 10.8. The molecule has 0 amide bonds. The number of carbonyl (C=O) groups is 1. The molecule has 1 N–H and O–H groups in total. The number of hydrogen-bond acceptors (Lipinski definition) is 3. The van der Waals surface area contributed by atoms with Crippen LogP contribution in [-0.4, -0.2) is 24.3 Å². The van der Waals surface area contributed by atoms with Crippen molar-refractivity contribution in [3.8, 4) is 0 Å². The second-order valence-corrected chi connectivity index (χ2v) is 2.67. The van der Waals surface area contributed by atoms with Gasteiger partial charge in [0.15, 0.2) is 0 Å². The van der Waals surface area contributed by atoms with Gasteiger partial charge in [-0.05, 0) is 13.3 Å². The highest BCUT2D eigenvalue weighted by Gasteiger charge is 2.21. The van der Waals surface area contributed by atoms with Gasteiger partial charge in [-0.25, -0.2) is 0 Å². The molecule has 3 nitrogen and oxygen atoms in total. The second kappa shape index (κ2) is 5.13. The lowest BCUT2D eigenvalue weighted by atomic mass is 10.0. The quantitative estimate of drug-likeness (QED) is 0.623. The summed E-state index contributed by atoms with van der Waals surface area (Å²) in [5, 5.41) is 9.32. The summed E-state index contributed by atoms with van der Waals surface area (Å²) in [6.45, 7) is 3.64. The summed E-state index contributed by atoms with van der Waals surface area (Å²) in [6, 6.07) is 0. The zero-order valence-electron chi connectivity index (χ0n) is 7.33. The Hall–Kier alpha value is -0.570. The third kappa shape index (κ3) is 3.37.